The fourth-order valence-electron chi connectivity index (χ4n) is 1.72. The molecule has 16 heavy (non-hydrogen) atoms. The van der Waals surface area contributed by atoms with Gasteiger partial charge in [0.25, 0.3) is 0 Å². The summed E-state index contributed by atoms with van der Waals surface area (Å²) in [6.45, 7) is 1.84. The maximum Gasteiger partial charge on any atom is 0.212 e. The van der Waals surface area contributed by atoms with Gasteiger partial charge in [-0.25, -0.2) is 9.67 Å². The molecule has 1 aliphatic heterocycles. The van der Waals surface area contributed by atoms with E-state index in [1.54, 1.807) is 6.07 Å². The Bertz CT molecular complexity index is 508. The molecule has 0 fully saturated rings. The van der Waals surface area contributed by atoms with Crippen molar-refractivity contribution in [1.82, 2.24) is 20.0 Å². The Labute approximate surface area is 90.9 Å². The summed E-state index contributed by atoms with van der Waals surface area (Å²) in [7, 11) is 0. The van der Waals surface area contributed by atoms with Crippen LogP contribution in [-0.4, -0.2) is 26.6 Å². The lowest BCUT2D eigenvalue weighted by molar-refractivity contribution is 0.0801. The molecule has 0 aliphatic carbocycles. The summed E-state index contributed by atoms with van der Waals surface area (Å²) < 4.78 is 19.8. The van der Waals surface area contributed by atoms with Crippen molar-refractivity contribution < 1.29 is 9.13 Å². The number of ether oxygens (including phenoxy) is 1. The number of hydrogen-bond acceptors (Lipinski definition) is 4. The second kappa shape index (κ2) is 3.64. The van der Waals surface area contributed by atoms with Crippen molar-refractivity contribution in [3.05, 3.63) is 30.0 Å². The second-order valence-electron chi connectivity index (χ2n) is 3.53. The van der Waals surface area contributed by atoms with Crippen LogP contribution in [0.15, 0.2) is 18.3 Å². The van der Waals surface area contributed by atoms with Gasteiger partial charge in [0.2, 0.25) is 5.95 Å². The number of nitrogens with zero attached hydrogens (tertiary/aromatic N) is 4. The van der Waals surface area contributed by atoms with Crippen LogP contribution in [0, 0.1) is 5.95 Å². The Morgan fingerprint density at radius 1 is 1.38 bits per heavy atom. The summed E-state index contributed by atoms with van der Waals surface area (Å²) in [5, 5.41) is 8.09. The molecule has 0 amide bonds. The standard InChI is InChI=1S/C10H9FN4O/c11-9-2-1-7(5-12-9)10-8-6-16-4-3-15(8)14-13-10/h1-2,5H,3-4,6H2. The average Bonchev–Trinajstić information content (AvgIpc) is 2.74. The molecule has 0 bridgehead atoms. The van der Waals surface area contributed by atoms with Gasteiger partial charge in [-0.15, -0.1) is 5.10 Å². The summed E-state index contributed by atoms with van der Waals surface area (Å²) in [4.78, 5) is 3.60. The minimum absolute atomic E-state index is 0.486. The molecule has 5 nitrogen and oxygen atoms in total. The Balaban J connectivity index is 2.06. The quantitative estimate of drug-likeness (QED) is 0.673. The van der Waals surface area contributed by atoms with E-state index < -0.39 is 5.95 Å². The van der Waals surface area contributed by atoms with Crippen LogP contribution < -0.4 is 0 Å². The Morgan fingerprint density at radius 3 is 3.12 bits per heavy atom. The van der Waals surface area contributed by atoms with E-state index in [1.165, 1.54) is 12.3 Å². The Kier molecular flexibility index (Phi) is 2.14. The van der Waals surface area contributed by atoms with Gasteiger partial charge in [0, 0.05) is 11.8 Å². The molecule has 3 heterocycles. The molecule has 0 saturated heterocycles. The summed E-state index contributed by atoms with van der Waals surface area (Å²) in [6.07, 6.45) is 1.45. The number of aromatic nitrogens is 4. The van der Waals surface area contributed by atoms with Gasteiger partial charge in [-0.2, -0.15) is 4.39 Å². The summed E-state index contributed by atoms with van der Waals surface area (Å²) >= 11 is 0. The van der Waals surface area contributed by atoms with Crippen LogP contribution >= 0.6 is 0 Å². The zero-order chi connectivity index (χ0) is 11.0. The molecule has 0 radical (unpaired) electrons. The number of pyridine rings is 1. The number of hydrogen-bond donors (Lipinski definition) is 0. The van der Waals surface area contributed by atoms with Gasteiger partial charge in [0.15, 0.2) is 0 Å². The first kappa shape index (κ1) is 9.41. The van der Waals surface area contributed by atoms with Crippen molar-refractivity contribution in [2.45, 2.75) is 13.2 Å². The molecule has 0 spiro atoms. The van der Waals surface area contributed by atoms with Crippen molar-refractivity contribution in [1.29, 1.82) is 0 Å². The number of halogens is 1. The van der Waals surface area contributed by atoms with Gasteiger partial charge in [-0.3, -0.25) is 0 Å². The van der Waals surface area contributed by atoms with Gasteiger partial charge >= 0.3 is 0 Å². The van der Waals surface area contributed by atoms with Crippen molar-refractivity contribution >= 4 is 0 Å². The van der Waals surface area contributed by atoms with E-state index in [0.29, 0.717) is 25.5 Å². The third-order valence-corrected chi connectivity index (χ3v) is 2.52. The maximum absolute atomic E-state index is 12.7. The highest BCUT2D eigenvalue weighted by atomic mass is 19.1. The monoisotopic (exact) mass is 220 g/mol. The van der Waals surface area contributed by atoms with E-state index in [2.05, 4.69) is 15.3 Å². The highest BCUT2D eigenvalue weighted by Crippen LogP contribution is 2.22. The molecular weight excluding hydrogens is 211 g/mol. The third kappa shape index (κ3) is 1.47. The lowest BCUT2D eigenvalue weighted by atomic mass is 10.1. The highest BCUT2D eigenvalue weighted by molar-refractivity contribution is 5.59. The van der Waals surface area contributed by atoms with Crippen molar-refractivity contribution in [2.24, 2.45) is 0 Å². The highest BCUT2D eigenvalue weighted by Gasteiger charge is 2.18. The molecule has 0 N–H and O–H groups in total. The lowest BCUT2D eigenvalue weighted by Gasteiger charge is -2.13. The first-order chi connectivity index (χ1) is 7.84. The normalized spacial score (nSPS) is 14.8. The van der Waals surface area contributed by atoms with E-state index in [4.69, 9.17) is 4.74 Å². The topological polar surface area (TPSA) is 52.8 Å². The number of rotatable bonds is 1. The maximum atomic E-state index is 12.7. The first-order valence-corrected chi connectivity index (χ1v) is 4.96. The molecule has 0 saturated carbocycles. The molecular formula is C10H9FN4O. The molecule has 6 heteroatoms. The van der Waals surface area contributed by atoms with Crippen LogP contribution in [-0.2, 0) is 17.9 Å². The second-order valence-corrected chi connectivity index (χ2v) is 3.53. The fourth-order valence-corrected chi connectivity index (χ4v) is 1.72. The molecule has 3 rings (SSSR count). The van der Waals surface area contributed by atoms with Crippen LogP contribution in [0.2, 0.25) is 0 Å². The van der Waals surface area contributed by atoms with Crippen LogP contribution in [0.4, 0.5) is 4.39 Å². The fraction of sp³-hybridized carbons (Fsp3) is 0.300. The van der Waals surface area contributed by atoms with E-state index in [1.807, 2.05) is 4.68 Å². The molecule has 2 aromatic heterocycles. The van der Waals surface area contributed by atoms with E-state index >= 15 is 0 Å². The van der Waals surface area contributed by atoms with Crippen LogP contribution in [0.25, 0.3) is 11.3 Å². The molecule has 0 atom stereocenters. The predicted molar refractivity (Wildman–Crippen MR) is 52.9 cm³/mol. The molecule has 82 valence electrons. The molecule has 0 aromatic carbocycles. The van der Waals surface area contributed by atoms with E-state index in [0.717, 1.165) is 11.3 Å². The predicted octanol–water partition coefficient (Wildman–Crippen LogP) is 1.01. The smallest absolute Gasteiger partial charge is 0.212 e. The third-order valence-electron chi connectivity index (χ3n) is 2.52. The lowest BCUT2D eigenvalue weighted by Crippen LogP contribution is -2.17. The minimum atomic E-state index is -0.499. The zero-order valence-corrected chi connectivity index (χ0v) is 8.43. The Morgan fingerprint density at radius 2 is 2.31 bits per heavy atom. The molecule has 0 unspecified atom stereocenters. The van der Waals surface area contributed by atoms with Gasteiger partial charge in [0.05, 0.1) is 25.5 Å². The average molecular weight is 220 g/mol. The number of fused-ring (bicyclic) bond motifs is 1. The van der Waals surface area contributed by atoms with Crippen molar-refractivity contribution in [3.8, 4) is 11.3 Å². The molecule has 1 aliphatic rings. The van der Waals surface area contributed by atoms with E-state index in [-0.39, 0.29) is 0 Å². The first-order valence-electron chi connectivity index (χ1n) is 4.96. The SMILES string of the molecule is Fc1ccc(-c2nnn3c2COCC3)cn1. The van der Waals surface area contributed by atoms with Crippen molar-refractivity contribution in [2.75, 3.05) is 6.61 Å². The largest absolute Gasteiger partial charge is 0.373 e. The van der Waals surface area contributed by atoms with Gasteiger partial charge in [-0.1, -0.05) is 5.21 Å². The van der Waals surface area contributed by atoms with E-state index in [9.17, 15) is 4.39 Å². The molecule has 2 aromatic rings. The summed E-state index contributed by atoms with van der Waals surface area (Å²) in [5.41, 5.74) is 2.39. The zero-order valence-electron chi connectivity index (χ0n) is 8.43. The Hall–Kier alpha value is -1.82. The van der Waals surface area contributed by atoms with Crippen LogP contribution in [0.3, 0.4) is 0 Å². The van der Waals surface area contributed by atoms with Crippen LogP contribution in [0.1, 0.15) is 5.69 Å². The van der Waals surface area contributed by atoms with Crippen molar-refractivity contribution in [3.63, 3.8) is 0 Å². The van der Waals surface area contributed by atoms with Crippen LogP contribution in [0.5, 0.6) is 0 Å². The van der Waals surface area contributed by atoms with Gasteiger partial charge in [0.1, 0.15) is 5.69 Å². The summed E-state index contributed by atoms with van der Waals surface area (Å²) in [5.74, 6) is -0.499. The van der Waals surface area contributed by atoms with Gasteiger partial charge < -0.3 is 4.74 Å². The minimum Gasteiger partial charge on any atom is -0.373 e. The van der Waals surface area contributed by atoms with Gasteiger partial charge in [-0.05, 0) is 12.1 Å². The summed E-state index contributed by atoms with van der Waals surface area (Å²) in [6, 6.07) is 2.95.